The molecule has 0 aliphatic heterocycles. The number of nitrogens with zero attached hydrogens (tertiary/aromatic N) is 1. The number of sulfonamides is 1. The Morgan fingerprint density at radius 2 is 1.83 bits per heavy atom. The molecule has 0 radical (unpaired) electrons. The van der Waals surface area contributed by atoms with Gasteiger partial charge in [0, 0.05) is 23.7 Å². The number of aryl methyl sites for hydroxylation is 1. The third kappa shape index (κ3) is 4.54. The molecule has 0 aliphatic rings. The van der Waals surface area contributed by atoms with Crippen molar-refractivity contribution in [2.45, 2.75) is 31.6 Å². The van der Waals surface area contributed by atoms with Gasteiger partial charge in [0.05, 0.1) is 10.6 Å². The highest BCUT2D eigenvalue weighted by Gasteiger charge is 2.19. The number of fused-ring (bicyclic) bond motifs is 1. The van der Waals surface area contributed by atoms with E-state index in [0.717, 1.165) is 30.8 Å². The molecule has 2 heterocycles. The second kappa shape index (κ2) is 8.18. The van der Waals surface area contributed by atoms with E-state index >= 15 is 0 Å². The molecule has 8 nitrogen and oxygen atoms in total. The second-order valence-electron chi connectivity index (χ2n) is 6.39. The summed E-state index contributed by atoms with van der Waals surface area (Å²) in [6.45, 7) is 3.18. The first kappa shape index (κ1) is 20.7. The number of nitrogens with one attached hydrogen (secondary N) is 2. The maximum Gasteiger partial charge on any atom is 0.267 e. The van der Waals surface area contributed by atoms with Gasteiger partial charge in [-0.2, -0.15) is 0 Å². The molecule has 0 atom stereocenters. The minimum absolute atomic E-state index is 0.0836. The van der Waals surface area contributed by atoms with Crippen molar-refractivity contribution >= 4 is 54.8 Å². The summed E-state index contributed by atoms with van der Waals surface area (Å²) in [5.74, 6) is -1.08. The van der Waals surface area contributed by atoms with Crippen LogP contribution in [0.2, 0.25) is 0 Å². The number of amides is 2. The number of rotatable bonds is 6. The molecule has 3 rings (SSSR count). The number of pyridine rings is 1. The fourth-order valence-corrected chi connectivity index (χ4v) is 4.75. The van der Waals surface area contributed by atoms with Gasteiger partial charge in [-0.3, -0.25) is 9.59 Å². The van der Waals surface area contributed by atoms with Gasteiger partial charge < -0.3 is 11.1 Å². The van der Waals surface area contributed by atoms with Gasteiger partial charge in [0.1, 0.15) is 9.71 Å². The van der Waals surface area contributed by atoms with Crippen molar-refractivity contribution in [2.75, 3.05) is 11.1 Å². The lowest BCUT2D eigenvalue weighted by molar-refractivity contribution is -0.117. The Hall–Kier alpha value is -2.98. The molecule has 0 aliphatic carbocycles. The summed E-state index contributed by atoms with van der Waals surface area (Å²) in [6, 6.07) is 9.26. The largest absolute Gasteiger partial charge is 0.397 e. The second-order valence-corrected chi connectivity index (χ2v) is 9.07. The number of aromatic nitrogens is 1. The van der Waals surface area contributed by atoms with Crippen molar-refractivity contribution in [3.05, 3.63) is 47.0 Å². The van der Waals surface area contributed by atoms with Crippen molar-refractivity contribution in [1.29, 1.82) is 0 Å². The average molecular weight is 433 g/mol. The lowest BCUT2D eigenvalue weighted by atomic mass is 10.2. The minimum Gasteiger partial charge on any atom is -0.397 e. The van der Waals surface area contributed by atoms with E-state index in [0.29, 0.717) is 21.1 Å². The molecule has 0 spiro atoms. The van der Waals surface area contributed by atoms with E-state index in [9.17, 15) is 18.0 Å². The molecule has 0 unspecified atom stereocenters. The Bertz CT molecular complexity index is 1180. The Morgan fingerprint density at radius 3 is 2.45 bits per heavy atom. The molecule has 3 aromatic rings. The number of nitrogen functional groups attached to an aromatic ring is 1. The highest BCUT2D eigenvalue weighted by molar-refractivity contribution is 7.90. The smallest absolute Gasteiger partial charge is 0.267 e. The first-order valence-corrected chi connectivity index (χ1v) is 11.1. The zero-order valence-corrected chi connectivity index (χ0v) is 17.5. The molecule has 10 heteroatoms. The quantitative estimate of drug-likeness (QED) is 0.549. The molecule has 0 bridgehead atoms. The third-order valence-electron chi connectivity index (χ3n) is 4.06. The summed E-state index contributed by atoms with van der Waals surface area (Å²) < 4.78 is 25.8. The Balaban J connectivity index is 1.81. The molecule has 29 heavy (non-hydrogen) atoms. The van der Waals surface area contributed by atoms with Crippen LogP contribution in [0.15, 0.2) is 41.3 Å². The SMILES string of the molecule is CCCc1ccc2c(N)c(C(=O)Nc3ccc(S(=O)(=O)NC(C)=O)cc3)sc2n1. The lowest BCUT2D eigenvalue weighted by Crippen LogP contribution is -2.28. The van der Waals surface area contributed by atoms with E-state index in [1.54, 1.807) is 0 Å². The highest BCUT2D eigenvalue weighted by atomic mass is 32.2. The monoisotopic (exact) mass is 432 g/mol. The molecular weight excluding hydrogens is 412 g/mol. The third-order valence-corrected chi connectivity index (χ3v) is 6.63. The number of hydrogen-bond acceptors (Lipinski definition) is 7. The molecule has 1 aromatic carbocycles. The molecule has 4 N–H and O–H groups in total. The number of carbonyl (C=O) groups excluding carboxylic acids is 2. The Kier molecular flexibility index (Phi) is 5.85. The molecule has 0 saturated heterocycles. The number of carbonyl (C=O) groups is 2. The van der Waals surface area contributed by atoms with Crippen LogP contribution in [0.1, 0.15) is 35.6 Å². The first-order valence-electron chi connectivity index (χ1n) is 8.84. The molecule has 0 saturated carbocycles. The van der Waals surface area contributed by atoms with Crippen LogP contribution in [0.4, 0.5) is 11.4 Å². The van der Waals surface area contributed by atoms with Gasteiger partial charge >= 0.3 is 0 Å². The van der Waals surface area contributed by atoms with Gasteiger partial charge in [0.15, 0.2) is 0 Å². The predicted molar refractivity (Wildman–Crippen MR) is 113 cm³/mol. The van der Waals surface area contributed by atoms with E-state index in [1.807, 2.05) is 16.9 Å². The Morgan fingerprint density at radius 1 is 1.14 bits per heavy atom. The molecule has 2 amide bonds. The van der Waals surface area contributed by atoms with Crippen molar-refractivity contribution in [3.63, 3.8) is 0 Å². The molecule has 0 fully saturated rings. The van der Waals surface area contributed by atoms with Crippen molar-refractivity contribution in [2.24, 2.45) is 0 Å². The van der Waals surface area contributed by atoms with E-state index in [2.05, 4.69) is 17.2 Å². The summed E-state index contributed by atoms with van der Waals surface area (Å²) in [6.07, 6.45) is 1.82. The zero-order valence-electron chi connectivity index (χ0n) is 15.9. The number of benzene rings is 1. The minimum atomic E-state index is -3.93. The fraction of sp³-hybridized carbons (Fsp3) is 0.211. The van der Waals surface area contributed by atoms with Crippen LogP contribution < -0.4 is 15.8 Å². The van der Waals surface area contributed by atoms with Gasteiger partial charge in [-0.05, 0) is 42.8 Å². The van der Waals surface area contributed by atoms with E-state index < -0.39 is 21.8 Å². The first-order chi connectivity index (χ1) is 13.7. The van der Waals surface area contributed by atoms with E-state index in [4.69, 9.17) is 5.73 Å². The van der Waals surface area contributed by atoms with Gasteiger partial charge in [-0.1, -0.05) is 13.3 Å². The summed E-state index contributed by atoms with van der Waals surface area (Å²) in [7, 11) is -3.93. The van der Waals surface area contributed by atoms with Crippen LogP contribution in [0.3, 0.4) is 0 Å². The Labute approximate surface area is 172 Å². The number of thiophene rings is 1. The zero-order chi connectivity index (χ0) is 21.2. The molecule has 152 valence electrons. The maximum absolute atomic E-state index is 12.7. The topological polar surface area (TPSA) is 131 Å². The normalized spacial score (nSPS) is 11.4. The number of anilines is 2. The van der Waals surface area contributed by atoms with Gasteiger partial charge in [-0.15, -0.1) is 11.3 Å². The van der Waals surface area contributed by atoms with Crippen LogP contribution in [0.5, 0.6) is 0 Å². The lowest BCUT2D eigenvalue weighted by Gasteiger charge is -2.07. The highest BCUT2D eigenvalue weighted by Crippen LogP contribution is 2.33. The fourth-order valence-electron chi connectivity index (χ4n) is 2.75. The summed E-state index contributed by atoms with van der Waals surface area (Å²) in [4.78, 5) is 29.2. The van der Waals surface area contributed by atoms with E-state index in [-0.39, 0.29) is 4.90 Å². The average Bonchev–Trinajstić information content (AvgIpc) is 2.98. The maximum atomic E-state index is 12.7. The van der Waals surface area contributed by atoms with Crippen LogP contribution in [-0.4, -0.2) is 25.2 Å². The molecule has 2 aromatic heterocycles. The number of hydrogen-bond donors (Lipinski definition) is 3. The van der Waals surface area contributed by atoms with Crippen LogP contribution in [0, 0.1) is 0 Å². The van der Waals surface area contributed by atoms with Gasteiger partial charge in [-0.25, -0.2) is 18.1 Å². The van der Waals surface area contributed by atoms with Crippen molar-refractivity contribution < 1.29 is 18.0 Å². The molecular formula is C19H20N4O4S2. The summed E-state index contributed by atoms with van der Waals surface area (Å²) in [5, 5.41) is 3.43. The summed E-state index contributed by atoms with van der Waals surface area (Å²) >= 11 is 1.21. The van der Waals surface area contributed by atoms with Crippen molar-refractivity contribution in [1.82, 2.24) is 9.71 Å². The van der Waals surface area contributed by atoms with Crippen LogP contribution >= 0.6 is 11.3 Å². The van der Waals surface area contributed by atoms with Crippen molar-refractivity contribution in [3.8, 4) is 0 Å². The number of nitrogens with two attached hydrogens (primary N) is 1. The van der Waals surface area contributed by atoms with Crippen LogP contribution in [-0.2, 0) is 21.2 Å². The summed E-state index contributed by atoms with van der Waals surface area (Å²) in [5.41, 5.74) is 7.84. The predicted octanol–water partition coefficient (Wildman–Crippen LogP) is 2.91. The van der Waals surface area contributed by atoms with Crippen LogP contribution in [0.25, 0.3) is 10.2 Å². The van der Waals surface area contributed by atoms with Gasteiger partial charge in [0.2, 0.25) is 5.91 Å². The van der Waals surface area contributed by atoms with E-state index in [1.165, 1.54) is 35.6 Å². The standard InChI is InChI=1S/C19H20N4O4S2/c1-3-4-12-7-10-15-16(20)17(28-19(15)22-12)18(25)21-13-5-8-14(9-6-13)29(26,27)23-11(2)24/h5-10H,3-4,20H2,1-2H3,(H,21,25)(H,23,24). The van der Waals surface area contributed by atoms with Gasteiger partial charge in [0.25, 0.3) is 15.9 Å².